The molecule has 0 saturated heterocycles. The first kappa shape index (κ1) is 16.5. The number of carbonyl (C=O) groups is 1. The molecule has 0 bridgehead atoms. The lowest BCUT2D eigenvalue weighted by Crippen LogP contribution is -2.23. The number of rotatable bonds is 2. The summed E-state index contributed by atoms with van der Waals surface area (Å²) in [6.45, 7) is 10.8. The highest BCUT2D eigenvalue weighted by molar-refractivity contribution is 5.79. The van der Waals surface area contributed by atoms with E-state index >= 15 is 0 Å². The predicted molar refractivity (Wildman–Crippen MR) is 97.0 cm³/mol. The van der Waals surface area contributed by atoms with E-state index < -0.39 is 0 Å². The Bertz CT molecular complexity index is 678. The van der Waals surface area contributed by atoms with Crippen molar-refractivity contribution in [2.24, 2.45) is 5.92 Å². The Morgan fingerprint density at radius 2 is 1.74 bits per heavy atom. The van der Waals surface area contributed by atoms with Gasteiger partial charge in [0, 0.05) is 11.8 Å². The van der Waals surface area contributed by atoms with Crippen LogP contribution in [0.4, 0.5) is 0 Å². The lowest BCUT2D eigenvalue weighted by Gasteiger charge is -2.36. The van der Waals surface area contributed by atoms with Gasteiger partial charge in [0.1, 0.15) is 5.78 Å². The van der Waals surface area contributed by atoms with Gasteiger partial charge in [-0.3, -0.25) is 4.79 Å². The van der Waals surface area contributed by atoms with Crippen molar-refractivity contribution in [2.45, 2.75) is 79.1 Å². The van der Waals surface area contributed by atoms with Crippen LogP contribution in [0.1, 0.15) is 79.2 Å². The van der Waals surface area contributed by atoms with Crippen molar-refractivity contribution < 1.29 is 4.79 Å². The van der Waals surface area contributed by atoms with E-state index in [1.165, 1.54) is 47.1 Å². The van der Waals surface area contributed by atoms with Gasteiger partial charge in [0.25, 0.3) is 0 Å². The molecule has 124 valence electrons. The Labute approximate surface area is 141 Å². The topological polar surface area (TPSA) is 17.1 Å². The molecule has 1 nitrogen and oxygen atoms in total. The highest BCUT2D eigenvalue weighted by Gasteiger charge is 2.32. The molecule has 0 saturated carbocycles. The number of benzene rings is 1. The Kier molecular flexibility index (Phi) is 4.49. The van der Waals surface area contributed by atoms with Gasteiger partial charge < -0.3 is 0 Å². The number of allylic oxidation sites excluding steroid dienone is 2. The van der Waals surface area contributed by atoms with Crippen LogP contribution in [0.5, 0.6) is 0 Å². The molecule has 0 aliphatic heterocycles. The second-order valence-electron chi connectivity index (χ2n) is 7.78. The fourth-order valence-electron chi connectivity index (χ4n) is 4.68. The normalized spacial score (nSPS) is 24.6. The molecule has 0 spiro atoms. The number of carbonyl (C=O) groups excluding carboxylic acids is 1. The molecule has 2 aliphatic carbocycles. The predicted octanol–water partition coefficient (Wildman–Crippen LogP) is 5.87. The fourth-order valence-corrected chi connectivity index (χ4v) is 4.68. The SMILES string of the molecule is CC(=O)C1CCC2=C(C1)C(c1cc(C)c(C)c(C)c1C)CCC2. The zero-order chi connectivity index (χ0) is 16.7. The summed E-state index contributed by atoms with van der Waals surface area (Å²) in [5.74, 6) is 1.20. The zero-order valence-corrected chi connectivity index (χ0v) is 15.4. The van der Waals surface area contributed by atoms with Gasteiger partial charge in [0.15, 0.2) is 0 Å². The molecule has 0 radical (unpaired) electrons. The maximum absolute atomic E-state index is 11.9. The van der Waals surface area contributed by atoms with Gasteiger partial charge in [-0.05, 0) is 101 Å². The Balaban J connectivity index is 2.04. The summed E-state index contributed by atoms with van der Waals surface area (Å²) >= 11 is 0. The molecular formula is C22H30O. The molecule has 1 aromatic carbocycles. The maximum Gasteiger partial charge on any atom is 0.133 e. The maximum atomic E-state index is 11.9. The summed E-state index contributed by atoms with van der Waals surface area (Å²) in [7, 11) is 0. The number of ketones is 1. The van der Waals surface area contributed by atoms with Crippen LogP contribution in [-0.2, 0) is 4.79 Å². The largest absolute Gasteiger partial charge is 0.300 e. The van der Waals surface area contributed by atoms with E-state index in [1.807, 2.05) is 0 Å². The van der Waals surface area contributed by atoms with E-state index in [9.17, 15) is 4.79 Å². The van der Waals surface area contributed by atoms with Gasteiger partial charge in [-0.1, -0.05) is 17.2 Å². The van der Waals surface area contributed by atoms with Crippen molar-refractivity contribution >= 4 is 5.78 Å². The van der Waals surface area contributed by atoms with Crippen LogP contribution in [-0.4, -0.2) is 5.78 Å². The second-order valence-corrected chi connectivity index (χ2v) is 7.78. The molecule has 1 aromatic rings. The highest BCUT2D eigenvalue weighted by Crippen LogP contribution is 2.47. The number of hydrogen-bond acceptors (Lipinski definition) is 1. The smallest absolute Gasteiger partial charge is 0.133 e. The molecule has 0 N–H and O–H groups in total. The average molecular weight is 310 g/mol. The minimum Gasteiger partial charge on any atom is -0.300 e. The van der Waals surface area contributed by atoms with Gasteiger partial charge in [0.05, 0.1) is 0 Å². The lowest BCUT2D eigenvalue weighted by atomic mass is 9.68. The van der Waals surface area contributed by atoms with E-state index in [4.69, 9.17) is 0 Å². The Hall–Kier alpha value is -1.37. The van der Waals surface area contributed by atoms with Gasteiger partial charge in [-0.2, -0.15) is 0 Å². The van der Waals surface area contributed by atoms with Crippen LogP contribution in [0.25, 0.3) is 0 Å². The lowest BCUT2D eigenvalue weighted by molar-refractivity contribution is -0.121. The average Bonchev–Trinajstić information content (AvgIpc) is 2.55. The molecule has 0 heterocycles. The van der Waals surface area contributed by atoms with Crippen molar-refractivity contribution in [3.63, 3.8) is 0 Å². The molecule has 0 aromatic heterocycles. The molecule has 1 heteroatoms. The van der Waals surface area contributed by atoms with E-state index in [1.54, 1.807) is 18.1 Å². The summed E-state index contributed by atoms with van der Waals surface area (Å²) in [5, 5.41) is 0. The van der Waals surface area contributed by atoms with Gasteiger partial charge in [-0.25, -0.2) is 0 Å². The summed E-state index contributed by atoms with van der Waals surface area (Å²) in [4.78, 5) is 11.9. The van der Waals surface area contributed by atoms with E-state index in [2.05, 4.69) is 33.8 Å². The fraction of sp³-hybridized carbons (Fsp3) is 0.591. The van der Waals surface area contributed by atoms with Crippen molar-refractivity contribution in [1.82, 2.24) is 0 Å². The van der Waals surface area contributed by atoms with Gasteiger partial charge in [0.2, 0.25) is 0 Å². The number of hydrogen-bond donors (Lipinski definition) is 0. The van der Waals surface area contributed by atoms with Crippen molar-refractivity contribution in [3.8, 4) is 0 Å². The Morgan fingerprint density at radius 3 is 2.43 bits per heavy atom. The van der Waals surface area contributed by atoms with Gasteiger partial charge in [-0.15, -0.1) is 0 Å². The highest BCUT2D eigenvalue weighted by atomic mass is 16.1. The first-order valence-electron chi connectivity index (χ1n) is 9.18. The van der Waals surface area contributed by atoms with Crippen molar-refractivity contribution in [3.05, 3.63) is 45.0 Å². The standard InChI is InChI=1S/C22H30O/c1-13-11-21(16(4)15(3)14(13)2)20-8-6-7-18-9-10-19(17(5)23)12-22(18)20/h11,19-20H,6-10,12H2,1-5H3. The Morgan fingerprint density at radius 1 is 1.00 bits per heavy atom. The summed E-state index contributed by atoms with van der Waals surface area (Å²) in [6.07, 6.45) is 7.07. The van der Waals surface area contributed by atoms with Crippen LogP contribution in [0.15, 0.2) is 17.2 Å². The van der Waals surface area contributed by atoms with Crippen LogP contribution in [0.2, 0.25) is 0 Å². The third-order valence-electron chi connectivity index (χ3n) is 6.58. The molecule has 2 atom stereocenters. The van der Waals surface area contributed by atoms with E-state index in [0.29, 0.717) is 11.7 Å². The minimum absolute atomic E-state index is 0.266. The number of Topliss-reactive ketones (excluding diaryl/α,β-unsaturated/α-hetero) is 1. The summed E-state index contributed by atoms with van der Waals surface area (Å²) in [5.41, 5.74) is 10.6. The van der Waals surface area contributed by atoms with Crippen LogP contribution >= 0.6 is 0 Å². The molecule has 23 heavy (non-hydrogen) atoms. The molecule has 2 aliphatic rings. The summed E-state index contributed by atoms with van der Waals surface area (Å²) in [6, 6.07) is 2.43. The first-order chi connectivity index (χ1) is 10.9. The quantitative estimate of drug-likeness (QED) is 0.624. The minimum atomic E-state index is 0.266. The zero-order valence-electron chi connectivity index (χ0n) is 15.4. The van der Waals surface area contributed by atoms with Crippen LogP contribution < -0.4 is 0 Å². The van der Waals surface area contributed by atoms with E-state index in [-0.39, 0.29) is 5.92 Å². The molecule has 3 rings (SSSR count). The molecule has 0 amide bonds. The third kappa shape index (κ3) is 2.91. The first-order valence-corrected chi connectivity index (χ1v) is 9.18. The summed E-state index contributed by atoms with van der Waals surface area (Å²) < 4.78 is 0. The van der Waals surface area contributed by atoms with Gasteiger partial charge >= 0.3 is 0 Å². The third-order valence-corrected chi connectivity index (χ3v) is 6.58. The molecule has 2 unspecified atom stereocenters. The molecule has 0 fully saturated rings. The van der Waals surface area contributed by atoms with Crippen molar-refractivity contribution in [1.29, 1.82) is 0 Å². The van der Waals surface area contributed by atoms with E-state index in [0.717, 1.165) is 19.3 Å². The molecular weight excluding hydrogens is 280 g/mol. The van der Waals surface area contributed by atoms with Crippen LogP contribution in [0, 0.1) is 33.6 Å². The van der Waals surface area contributed by atoms with Crippen LogP contribution in [0.3, 0.4) is 0 Å². The second kappa shape index (κ2) is 6.26. The van der Waals surface area contributed by atoms with Crippen molar-refractivity contribution in [2.75, 3.05) is 0 Å². The monoisotopic (exact) mass is 310 g/mol. The number of aryl methyl sites for hydroxylation is 1.